The first-order valence-electron chi connectivity index (χ1n) is 22.6. The number of benzene rings is 8. The van der Waals surface area contributed by atoms with Crippen LogP contribution in [-0.2, 0) is 0 Å². The van der Waals surface area contributed by atoms with Gasteiger partial charge in [0.15, 0.2) is 0 Å². The Bertz CT molecular complexity index is 3360. The molecule has 0 unspecified atom stereocenters. The zero-order chi connectivity index (χ0) is 44.5. The fourth-order valence-electron chi connectivity index (χ4n) is 5.89. The highest BCUT2D eigenvalue weighted by Crippen LogP contribution is 2.49. The van der Waals surface area contributed by atoms with E-state index in [9.17, 15) is 11.0 Å². The van der Waals surface area contributed by atoms with Crippen LogP contribution in [0.3, 0.4) is 0 Å². The Morgan fingerprint density at radius 3 is 1.64 bits per heavy atom. The van der Waals surface area contributed by atoms with E-state index in [0.29, 0.717) is 16.5 Å². The van der Waals surface area contributed by atoms with E-state index in [4.69, 9.17) is 16.8 Å². The fourth-order valence-corrected chi connectivity index (χ4v) is 5.89. The van der Waals surface area contributed by atoms with Gasteiger partial charge in [0, 0.05) is 22.1 Å². The molecule has 0 aliphatic carbocycles. The molecule has 0 amide bonds. The summed E-state index contributed by atoms with van der Waals surface area (Å²) in [5.41, 5.74) is -1.27. The van der Waals surface area contributed by atoms with Crippen molar-refractivity contribution in [2.45, 2.75) is 0 Å². The van der Waals surface area contributed by atoms with Gasteiger partial charge in [-0.25, -0.2) is 0 Å². The lowest BCUT2D eigenvalue weighted by Gasteiger charge is -2.18. The average Bonchev–Trinajstić information content (AvgIpc) is 3.66. The standard InChI is InChI=1S/C44H28O/c1-2-12-29(13-3-1)31-22-25-32(26-23-31)41-35-16-6-8-18-37(35)42(38-19-9-7-17-36(38)41)43-39-20-10-11-21-40(39)45-44(43)34-27-24-30-14-4-5-15-33(30)28-34/h1-28H/i1D,2D,3D,6D,7D,8D,9D,12D,13D,16D,17D,18D,19D,22D,23D,25D,26D. The average molecular weight is 590 g/mol. The van der Waals surface area contributed by atoms with Gasteiger partial charge >= 0.3 is 0 Å². The molecule has 1 nitrogen and oxygen atoms in total. The van der Waals surface area contributed by atoms with Crippen molar-refractivity contribution >= 4 is 43.3 Å². The Hall–Kier alpha value is -5.92. The second-order valence-electron chi connectivity index (χ2n) is 10.4. The Labute approximate surface area is 285 Å². The van der Waals surface area contributed by atoms with Crippen LogP contribution in [0, 0.1) is 0 Å². The smallest absolute Gasteiger partial charge is 0.143 e. The number of hydrogen-bond donors (Lipinski definition) is 0. The Morgan fingerprint density at radius 1 is 0.378 bits per heavy atom. The third kappa shape index (κ3) is 4.17. The van der Waals surface area contributed by atoms with Gasteiger partial charge < -0.3 is 4.42 Å². The van der Waals surface area contributed by atoms with Crippen LogP contribution in [0.2, 0.25) is 0 Å². The van der Waals surface area contributed by atoms with Crippen LogP contribution in [0.25, 0.3) is 88.0 Å². The van der Waals surface area contributed by atoms with Crippen molar-refractivity contribution in [1.29, 1.82) is 0 Å². The van der Waals surface area contributed by atoms with Crippen molar-refractivity contribution in [2.75, 3.05) is 0 Å². The molecule has 1 heteroatoms. The van der Waals surface area contributed by atoms with E-state index in [0.717, 1.165) is 10.8 Å². The van der Waals surface area contributed by atoms with Gasteiger partial charge in [-0.15, -0.1) is 0 Å². The Morgan fingerprint density at radius 2 is 0.933 bits per heavy atom. The molecule has 0 atom stereocenters. The van der Waals surface area contributed by atoms with Crippen molar-refractivity contribution in [2.24, 2.45) is 0 Å². The van der Waals surface area contributed by atoms with Crippen molar-refractivity contribution in [3.05, 3.63) is 169 Å². The first-order chi connectivity index (χ1) is 29.4. The topological polar surface area (TPSA) is 13.1 Å². The van der Waals surface area contributed by atoms with Crippen molar-refractivity contribution < 1.29 is 27.7 Å². The fraction of sp³-hybridized carbons (Fsp3) is 0. The maximum Gasteiger partial charge on any atom is 0.143 e. The van der Waals surface area contributed by atoms with E-state index < -0.39 is 125 Å². The molecule has 0 fully saturated rings. The molecule has 0 spiro atoms. The highest BCUT2D eigenvalue weighted by molar-refractivity contribution is 6.25. The molecule has 9 rings (SSSR count). The summed E-state index contributed by atoms with van der Waals surface area (Å²) in [6, 6.07) is 6.99. The first kappa shape index (κ1) is 13.8. The summed E-state index contributed by atoms with van der Waals surface area (Å²) in [5, 5.41) is 0.894. The zero-order valence-corrected chi connectivity index (χ0v) is 23.3. The summed E-state index contributed by atoms with van der Waals surface area (Å²) in [4.78, 5) is 0. The molecule has 0 saturated carbocycles. The molecule has 8 aromatic carbocycles. The van der Waals surface area contributed by atoms with E-state index in [-0.39, 0.29) is 38.4 Å². The van der Waals surface area contributed by atoms with Crippen LogP contribution in [0.4, 0.5) is 0 Å². The molecular formula is C44H28O. The minimum Gasteiger partial charge on any atom is -0.455 e. The summed E-state index contributed by atoms with van der Waals surface area (Å²) in [5.74, 6) is 0.208. The molecule has 45 heavy (non-hydrogen) atoms. The minimum atomic E-state index is -0.869. The molecule has 0 bridgehead atoms. The van der Waals surface area contributed by atoms with Gasteiger partial charge in [-0.2, -0.15) is 0 Å². The summed E-state index contributed by atoms with van der Waals surface area (Å²) in [6.45, 7) is 0. The first-order valence-corrected chi connectivity index (χ1v) is 14.1. The third-order valence-corrected chi connectivity index (χ3v) is 7.86. The Balaban J connectivity index is 1.55. The third-order valence-electron chi connectivity index (χ3n) is 7.86. The molecule has 0 radical (unpaired) electrons. The number of furan rings is 1. The molecule has 1 aromatic heterocycles. The van der Waals surface area contributed by atoms with E-state index in [2.05, 4.69) is 0 Å². The number of hydrogen-bond acceptors (Lipinski definition) is 1. The van der Waals surface area contributed by atoms with Crippen molar-refractivity contribution in [3.8, 4) is 44.7 Å². The van der Waals surface area contributed by atoms with Crippen LogP contribution >= 0.6 is 0 Å². The highest BCUT2D eigenvalue weighted by Gasteiger charge is 2.24. The largest absolute Gasteiger partial charge is 0.455 e. The molecule has 1 heterocycles. The SMILES string of the molecule is [2H]c1c([2H])c([2H])c(-c2c([2H])c([2H])c(-c3c4c([2H])c([2H])c([2H])c([2H])c4c(-c4c(-c5ccc6ccccc6c5)oc5ccccc45)c4c([2H])c([2H])c([2H])c([2H])c34)c([2H])c2[2H])c([2H])c1[2H]. The summed E-state index contributed by atoms with van der Waals surface area (Å²) in [7, 11) is 0. The second-order valence-corrected chi connectivity index (χ2v) is 10.4. The van der Waals surface area contributed by atoms with Gasteiger partial charge in [-0.05, 0) is 66.7 Å². The molecular weight excluding hydrogens is 544 g/mol. The molecule has 0 aliphatic rings. The highest BCUT2D eigenvalue weighted by atomic mass is 16.3. The van der Waals surface area contributed by atoms with Crippen LogP contribution in [0.5, 0.6) is 0 Å². The summed E-state index contributed by atoms with van der Waals surface area (Å²) < 4.78 is 159. The van der Waals surface area contributed by atoms with Crippen LogP contribution < -0.4 is 0 Å². The van der Waals surface area contributed by atoms with Gasteiger partial charge in [-0.3, -0.25) is 0 Å². The number of fused-ring (bicyclic) bond motifs is 4. The summed E-state index contributed by atoms with van der Waals surface area (Å²) >= 11 is 0. The van der Waals surface area contributed by atoms with Gasteiger partial charge in [0.05, 0.1) is 23.3 Å². The molecule has 0 N–H and O–H groups in total. The lowest BCUT2D eigenvalue weighted by atomic mass is 9.84. The van der Waals surface area contributed by atoms with E-state index in [1.807, 2.05) is 36.4 Å². The maximum absolute atomic E-state index is 9.48. The van der Waals surface area contributed by atoms with Crippen LogP contribution in [-0.4, -0.2) is 0 Å². The molecule has 0 saturated heterocycles. The summed E-state index contributed by atoms with van der Waals surface area (Å²) in [6.07, 6.45) is 0. The normalized spacial score (nSPS) is 16.8. The predicted octanol–water partition coefficient (Wildman–Crippen LogP) is 12.6. The number of para-hydroxylation sites is 1. The molecule has 0 aliphatic heterocycles. The number of rotatable bonds is 4. The van der Waals surface area contributed by atoms with Crippen LogP contribution in [0.15, 0.2) is 174 Å². The van der Waals surface area contributed by atoms with E-state index in [1.54, 1.807) is 30.3 Å². The monoisotopic (exact) mass is 589 g/mol. The second kappa shape index (κ2) is 10.4. The lowest BCUT2D eigenvalue weighted by molar-refractivity contribution is 0.632. The Kier molecular flexibility index (Phi) is 3.18. The predicted molar refractivity (Wildman–Crippen MR) is 190 cm³/mol. The van der Waals surface area contributed by atoms with Gasteiger partial charge in [0.2, 0.25) is 0 Å². The molecule has 9 aromatic rings. The van der Waals surface area contributed by atoms with Crippen molar-refractivity contribution in [1.82, 2.24) is 0 Å². The van der Waals surface area contributed by atoms with Crippen molar-refractivity contribution in [3.63, 3.8) is 0 Å². The maximum atomic E-state index is 9.48. The zero-order valence-electron chi connectivity index (χ0n) is 40.3. The molecule has 210 valence electrons. The quantitative estimate of drug-likeness (QED) is 0.186. The lowest BCUT2D eigenvalue weighted by Crippen LogP contribution is -1.92. The van der Waals surface area contributed by atoms with Gasteiger partial charge in [0.25, 0.3) is 0 Å². The van der Waals surface area contributed by atoms with Crippen LogP contribution in [0.1, 0.15) is 23.3 Å². The minimum absolute atomic E-state index is 0.0585. The van der Waals surface area contributed by atoms with E-state index >= 15 is 0 Å². The van der Waals surface area contributed by atoms with E-state index in [1.165, 1.54) is 0 Å². The van der Waals surface area contributed by atoms with Gasteiger partial charge in [0.1, 0.15) is 11.3 Å². The van der Waals surface area contributed by atoms with Gasteiger partial charge in [-0.1, -0.05) is 157 Å².